The van der Waals surface area contributed by atoms with Crippen LogP contribution in [0.3, 0.4) is 0 Å². The molecule has 0 unspecified atom stereocenters. The Morgan fingerprint density at radius 2 is 2.00 bits per heavy atom. The van der Waals surface area contributed by atoms with E-state index in [9.17, 15) is 13.2 Å². The zero-order chi connectivity index (χ0) is 13.5. The van der Waals surface area contributed by atoms with Crippen LogP contribution in [0.15, 0.2) is 18.2 Å². The van der Waals surface area contributed by atoms with Gasteiger partial charge in [-0.05, 0) is 48.9 Å². The number of sulfone groups is 1. The molecule has 1 saturated heterocycles. The Labute approximate surface area is 113 Å². The van der Waals surface area contributed by atoms with Gasteiger partial charge in [-0.2, -0.15) is 0 Å². The van der Waals surface area contributed by atoms with Gasteiger partial charge in [-0.15, -0.1) is 0 Å². The summed E-state index contributed by atoms with van der Waals surface area (Å²) in [5, 5.41) is 2.82. The van der Waals surface area contributed by atoms with Crippen LogP contribution in [0.4, 0.5) is 0 Å². The summed E-state index contributed by atoms with van der Waals surface area (Å²) in [6.07, 6.45) is 3.81. The van der Waals surface area contributed by atoms with Crippen LogP contribution in [0.5, 0.6) is 0 Å². The topological polar surface area (TPSA) is 63.2 Å². The summed E-state index contributed by atoms with van der Waals surface area (Å²) in [5.74, 6) is 0.100. The largest absolute Gasteiger partial charge is 0.348 e. The highest BCUT2D eigenvalue weighted by Crippen LogP contribution is 2.23. The number of rotatable bonds is 2. The summed E-state index contributed by atoms with van der Waals surface area (Å²) in [6.45, 7) is 0. The van der Waals surface area contributed by atoms with Gasteiger partial charge in [0, 0.05) is 11.6 Å². The van der Waals surface area contributed by atoms with E-state index < -0.39 is 9.84 Å². The van der Waals surface area contributed by atoms with E-state index in [1.165, 1.54) is 11.1 Å². The van der Waals surface area contributed by atoms with Crippen molar-refractivity contribution in [2.75, 3.05) is 11.5 Å². The molecule has 1 aromatic rings. The van der Waals surface area contributed by atoms with Gasteiger partial charge >= 0.3 is 0 Å². The number of hydrogen-bond acceptors (Lipinski definition) is 3. The Morgan fingerprint density at radius 1 is 1.21 bits per heavy atom. The molecule has 0 saturated carbocycles. The van der Waals surface area contributed by atoms with Gasteiger partial charge < -0.3 is 5.32 Å². The second-order valence-corrected chi connectivity index (χ2v) is 7.64. The molecule has 0 bridgehead atoms. The number of benzene rings is 1. The van der Waals surface area contributed by atoms with Gasteiger partial charge in [0.05, 0.1) is 11.5 Å². The highest BCUT2D eigenvalue weighted by Gasteiger charge is 2.29. The molecule has 5 heteroatoms. The predicted octanol–water partition coefficient (Wildman–Crippen LogP) is 1.09. The van der Waals surface area contributed by atoms with Crippen LogP contribution in [-0.4, -0.2) is 31.9 Å². The van der Waals surface area contributed by atoms with E-state index in [-0.39, 0.29) is 23.5 Å². The average molecular weight is 279 g/mol. The second kappa shape index (κ2) is 4.63. The summed E-state index contributed by atoms with van der Waals surface area (Å²) in [4.78, 5) is 12.1. The summed E-state index contributed by atoms with van der Waals surface area (Å²) in [7, 11) is -2.95. The van der Waals surface area contributed by atoms with E-state index in [1.807, 2.05) is 18.2 Å². The molecule has 1 heterocycles. The molecule has 2 aliphatic rings. The van der Waals surface area contributed by atoms with Crippen LogP contribution in [0.25, 0.3) is 0 Å². The molecule has 1 N–H and O–H groups in total. The molecule has 1 amide bonds. The minimum Gasteiger partial charge on any atom is -0.348 e. The highest BCUT2D eigenvalue weighted by atomic mass is 32.2. The van der Waals surface area contributed by atoms with Gasteiger partial charge in [-0.3, -0.25) is 4.79 Å². The maximum atomic E-state index is 12.1. The Balaban J connectivity index is 1.71. The molecule has 19 heavy (non-hydrogen) atoms. The monoisotopic (exact) mass is 279 g/mol. The first-order valence-electron chi connectivity index (χ1n) is 6.67. The van der Waals surface area contributed by atoms with Crippen LogP contribution in [-0.2, 0) is 22.7 Å². The van der Waals surface area contributed by atoms with Crippen molar-refractivity contribution in [1.82, 2.24) is 5.32 Å². The van der Waals surface area contributed by atoms with Gasteiger partial charge in [-0.25, -0.2) is 8.42 Å². The first kappa shape index (κ1) is 12.7. The lowest BCUT2D eigenvalue weighted by Crippen LogP contribution is -2.35. The lowest BCUT2D eigenvalue weighted by atomic mass is 10.1. The van der Waals surface area contributed by atoms with Crippen molar-refractivity contribution in [3.05, 3.63) is 34.9 Å². The average Bonchev–Trinajstić information content (AvgIpc) is 2.94. The third-order valence-electron chi connectivity index (χ3n) is 3.93. The summed E-state index contributed by atoms with van der Waals surface area (Å²) in [5.41, 5.74) is 3.23. The molecule has 4 nitrogen and oxygen atoms in total. The second-order valence-electron chi connectivity index (χ2n) is 5.41. The van der Waals surface area contributed by atoms with Crippen molar-refractivity contribution in [3.8, 4) is 0 Å². The Kier molecular flexibility index (Phi) is 3.09. The fourth-order valence-electron chi connectivity index (χ4n) is 2.89. The maximum absolute atomic E-state index is 12.1. The molecule has 1 aliphatic heterocycles. The first-order valence-corrected chi connectivity index (χ1v) is 8.49. The van der Waals surface area contributed by atoms with E-state index in [2.05, 4.69) is 5.32 Å². The number of aryl methyl sites for hydroxylation is 2. The molecule has 3 rings (SSSR count). The Hall–Kier alpha value is -1.36. The smallest absolute Gasteiger partial charge is 0.251 e. The van der Waals surface area contributed by atoms with Gasteiger partial charge in [0.2, 0.25) is 0 Å². The number of carbonyl (C=O) groups excluding carboxylic acids is 1. The van der Waals surface area contributed by atoms with Gasteiger partial charge in [-0.1, -0.05) is 6.07 Å². The number of fused-ring (bicyclic) bond motifs is 1. The third kappa shape index (κ3) is 2.66. The van der Waals surface area contributed by atoms with Crippen molar-refractivity contribution in [2.24, 2.45) is 0 Å². The molecule has 0 aromatic heterocycles. The van der Waals surface area contributed by atoms with Crippen molar-refractivity contribution in [3.63, 3.8) is 0 Å². The molecule has 0 radical (unpaired) electrons. The molecule has 1 aromatic carbocycles. The summed E-state index contributed by atoms with van der Waals surface area (Å²) in [6, 6.07) is 5.57. The third-order valence-corrected chi connectivity index (χ3v) is 5.70. The zero-order valence-electron chi connectivity index (χ0n) is 10.7. The molecule has 0 spiro atoms. The summed E-state index contributed by atoms with van der Waals surface area (Å²) < 4.78 is 22.7. The van der Waals surface area contributed by atoms with Gasteiger partial charge in [0.15, 0.2) is 9.84 Å². The van der Waals surface area contributed by atoms with Crippen LogP contribution in [0, 0.1) is 0 Å². The van der Waals surface area contributed by atoms with E-state index >= 15 is 0 Å². The molecule has 1 fully saturated rings. The Morgan fingerprint density at radius 3 is 2.74 bits per heavy atom. The fraction of sp³-hybridized carbons (Fsp3) is 0.500. The number of nitrogens with one attached hydrogen (secondary N) is 1. The minimum absolute atomic E-state index is 0.0731. The van der Waals surface area contributed by atoms with Crippen molar-refractivity contribution >= 4 is 15.7 Å². The van der Waals surface area contributed by atoms with Crippen molar-refractivity contribution in [2.45, 2.75) is 31.7 Å². The van der Waals surface area contributed by atoms with Crippen molar-refractivity contribution < 1.29 is 13.2 Å². The SMILES string of the molecule is O=C(N[C@H]1CCS(=O)(=O)C1)c1ccc2c(c1)CCC2. The first-order chi connectivity index (χ1) is 9.03. The maximum Gasteiger partial charge on any atom is 0.251 e. The van der Waals surface area contributed by atoms with Crippen LogP contribution >= 0.6 is 0 Å². The van der Waals surface area contributed by atoms with E-state index in [1.54, 1.807) is 0 Å². The van der Waals surface area contributed by atoms with Crippen LogP contribution in [0.2, 0.25) is 0 Å². The van der Waals surface area contributed by atoms with E-state index in [0.29, 0.717) is 12.0 Å². The molecule has 1 atom stereocenters. The molecular formula is C14H17NO3S. The highest BCUT2D eigenvalue weighted by molar-refractivity contribution is 7.91. The normalized spacial score (nSPS) is 24.1. The zero-order valence-corrected chi connectivity index (χ0v) is 11.5. The standard InChI is InChI=1S/C14H17NO3S/c16-14(15-13-6-7-19(17,18)9-13)12-5-4-10-2-1-3-11(10)8-12/h4-5,8,13H,1-3,6-7,9H2,(H,15,16)/t13-/m0/s1. The predicted molar refractivity (Wildman–Crippen MR) is 73.0 cm³/mol. The van der Waals surface area contributed by atoms with Crippen molar-refractivity contribution in [1.29, 1.82) is 0 Å². The molecular weight excluding hydrogens is 262 g/mol. The van der Waals surface area contributed by atoms with E-state index in [0.717, 1.165) is 19.3 Å². The molecule has 102 valence electrons. The fourth-order valence-corrected chi connectivity index (χ4v) is 4.56. The lowest BCUT2D eigenvalue weighted by molar-refractivity contribution is 0.0941. The van der Waals surface area contributed by atoms with E-state index in [4.69, 9.17) is 0 Å². The van der Waals surface area contributed by atoms with Crippen LogP contribution in [0.1, 0.15) is 34.3 Å². The van der Waals surface area contributed by atoms with Gasteiger partial charge in [0.25, 0.3) is 5.91 Å². The lowest BCUT2D eigenvalue weighted by Gasteiger charge is -2.11. The number of carbonyl (C=O) groups is 1. The van der Waals surface area contributed by atoms with Gasteiger partial charge in [0.1, 0.15) is 0 Å². The molecule has 1 aliphatic carbocycles. The number of hydrogen-bond donors (Lipinski definition) is 1. The van der Waals surface area contributed by atoms with Crippen LogP contribution < -0.4 is 5.32 Å². The minimum atomic E-state index is -2.95. The number of amides is 1. The quantitative estimate of drug-likeness (QED) is 0.881. The summed E-state index contributed by atoms with van der Waals surface area (Å²) >= 11 is 0. The Bertz CT molecular complexity index is 622.